The summed E-state index contributed by atoms with van der Waals surface area (Å²) in [5.41, 5.74) is 5.35. The van der Waals surface area contributed by atoms with Crippen LogP contribution in [0.25, 0.3) is 10.9 Å². The standard InChI is InChI=1S/C32H36N6O/c1-3-24-15-16-29-27(21-24)22-28(32(39)33-29)23-37(19-17-25-11-7-5-8-12-25)30(4-2)31-34-35-36-38(31)20-18-26-13-9-6-10-14-26/h5-16,21-22,30H,3-4,17-20,23H2,1-2H3,(H,33,39)/t30-/m0/s1. The number of aryl methyl sites for hydroxylation is 3. The highest BCUT2D eigenvalue weighted by molar-refractivity contribution is 5.79. The van der Waals surface area contributed by atoms with Crippen molar-refractivity contribution < 1.29 is 0 Å². The van der Waals surface area contributed by atoms with E-state index in [1.807, 2.05) is 28.9 Å². The van der Waals surface area contributed by atoms with Gasteiger partial charge in [0.2, 0.25) is 0 Å². The molecule has 0 amide bonds. The maximum atomic E-state index is 13.2. The summed E-state index contributed by atoms with van der Waals surface area (Å²) < 4.78 is 1.93. The van der Waals surface area contributed by atoms with Gasteiger partial charge in [0.05, 0.1) is 6.04 Å². The maximum absolute atomic E-state index is 13.2. The molecule has 1 atom stereocenters. The predicted octanol–water partition coefficient (Wildman–Crippen LogP) is 5.52. The fourth-order valence-corrected chi connectivity index (χ4v) is 5.21. The number of nitrogens with zero attached hydrogens (tertiary/aromatic N) is 5. The Kier molecular flexibility index (Phi) is 8.58. The Hall–Kier alpha value is -4.10. The second-order valence-corrected chi connectivity index (χ2v) is 10.0. The Balaban J connectivity index is 1.45. The van der Waals surface area contributed by atoms with Crippen LogP contribution in [0, 0.1) is 0 Å². The summed E-state index contributed by atoms with van der Waals surface area (Å²) in [6.45, 7) is 6.30. The lowest BCUT2D eigenvalue weighted by atomic mass is 10.1. The first kappa shape index (κ1) is 26.5. The second-order valence-electron chi connectivity index (χ2n) is 10.0. The minimum absolute atomic E-state index is 0.0310. The Labute approximate surface area is 229 Å². The number of H-pyrrole nitrogens is 1. The first-order valence-electron chi connectivity index (χ1n) is 13.9. The topological polar surface area (TPSA) is 79.7 Å². The molecule has 0 aliphatic rings. The number of fused-ring (bicyclic) bond motifs is 1. The molecule has 3 aromatic carbocycles. The third-order valence-corrected chi connectivity index (χ3v) is 7.44. The van der Waals surface area contributed by atoms with E-state index in [1.54, 1.807) is 0 Å². The number of benzene rings is 3. The zero-order chi connectivity index (χ0) is 27.0. The molecule has 0 bridgehead atoms. The van der Waals surface area contributed by atoms with Crippen molar-refractivity contribution in [2.45, 2.75) is 58.7 Å². The van der Waals surface area contributed by atoms with E-state index < -0.39 is 0 Å². The summed E-state index contributed by atoms with van der Waals surface area (Å²) in [5.74, 6) is 0.840. The van der Waals surface area contributed by atoms with Gasteiger partial charge in [-0.05, 0) is 76.4 Å². The van der Waals surface area contributed by atoms with Crippen LogP contribution in [-0.2, 0) is 32.4 Å². The highest BCUT2D eigenvalue weighted by Gasteiger charge is 2.25. The largest absolute Gasteiger partial charge is 0.322 e. The Morgan fingerprint density at radius 3 is 2.28 bits per heavy atom. The average Bonchev–Trinajstić information content (AvgIpc) is 3.44. The molecule has 200 valence electrons. The number of hydrogen-bond acceptors (Lipinski definition) is 5. The summed E-state index contributed by atoms with van der Waals surface area (Å²) >= 11 is 0. The van der Waals surface area contributed by atoms with Gasteiger partial charge in [0, 0.05) is 30.7 Å². The van der Waals surface area contributed by atoms with Gasteiger partial charge in [0.25, 0.3) is 5.56 Å². The van der Waals surface area contributed by atoms with Crippen molar-refractivity contribution in [3.8, 4) is 0 Å². The Bertz CT molecular complexity index is 1540. The molecular formula is C32H36N6O. The van der Waals surface area contributed by atoms with E-state index in [0.717, 1.165) is 54.5 Å². The van der Waals surface area contributed by atoms with Gasteiger partial charge < -0.3 is 4.98 Å². The molecule has 0 spiro atoms. The first-order valence-corrected chi connectivity index (χ1v) is 13.9. The van der Waals surface area contributed by atoms with Crippen LogP contribution >= 0.6 is 0 Å². The molecule has 2 aromatic heterocycles. The van der Waals surface area contributed by atoms with Gasteiger partial charge in [-0.1, -0.05) is 80.6 Å². The molecule has 7 heteroatoms. The summed E-state index contributed by atoms with van der Waals surface area (Å²) in [6.07, 6.45) is 3.50. The number of nitrogens with one attached hydrogen (secondary N) is 1. The van der Waals surface area contributed by atoms with Crippen LogP contribution in [0.1, 0.15) is 54.4 Å². The quantitative estimate of drug-likeness (QED) is 0.234. The van der Waals surface area contributed by atoms with Crippen molar-refractivity contribution in [1.29, 1.82) is 0 Å². The Morgan fingerprint density at radius 2 is 1.59 bits per heavy atom. The van der Waals surface area contributed by atoms with Gasteiger partial charge >= 0.3 is 0 Å². The molecule has 0 aliphatic heterocycles. The van der Waals surface area contributed by atoms with Gasteiger partial charge in [-0.3, -0.25) is 9.69 Å². The fourth-order valence-electron chi connectivity index (χ4n) is 5.21. The van der Waals surface area contributed by atoms with Crippen molar-refractivity contribution in [1.82, 2.24) is 30.1 Å². The van der Waals surface area contributed by atoms with E-state index in [4.69, 9.17) is 0 Å². The molecule has 0 saturated carbocycles. The summed E-state index contributed by atoms with van der Waals surface area (Å²) in [7, 11) is 0. The molecule has 5 rings (SSSR count). The van der Waals surface area contributed by atoms with Gasteiger partial charge in [-0.15, -0.1) is 5.10 Å². The lowest BCUT2D eigenvalue weighted by Crippen LogP contribution is -2.34. The smallest absolute Gasteiger partial charge is 0.252 e. The molecule has 0 unspecified atom stereocenters. The highest BCUT2D eigenvalue weighted by atomic mass is 16.1. The molecule has 0 fully saturated rings. The van der Waals surface area contributed by atoms with E-state index in [1.165, 1.54) is 16.7 Å². The zero-order valence-corrected chi connectivity index (χ0v) is 22.8. The van der Waals surface area contributed by atoms with E-state index >= 15 is 0 Å². The molecule has 0 saturated heterocycles. The molecule has 7 nitrogen and oxygen atoms in total. The number of tetrazole rings is 1. The van der Waals surface area contributed by atoms with Crippen LogP contribution < -0.4 is 5.56 Å². The lowest BCUT2D eigenvalue weighted by molar-refractivity contribution is 0.171. The summed E-state index contributed by atoms with van der Waals surface area (Å²) in [4.78, 5) is 18.7. The Morgan fingerprint density at radius 1 is 0.872 bits per heavy atom. The van der Waals surface area contributed by atoms with Gasteiger partial charge in [-0.25, -0.2) is 4.68 Å². The van der Waals surface area contributed by atoms with Crippen LogP contribution in [0.2, 0.25) is 0 Å². The molecule has 0 aliphatic carbocycles. The van der Waals surface area contributed by atoms with Crippen molar-refractivity contribution in [2.75, 3.05) is 6.54 Å². The number of aromatic nitrogens is 5. The first-order chi connectivity index (χ1) is 19.1. The molecule has 0 radical (unpaired) electrons. The number of hydrogen-bond donors (Lipinski definition) is 1. The van der Waals surface area contributed by atoms with Gasteiger partial charge in [0.15, 0.2) is 5.82 Å². The molecule has 2 heterocycles. The number of pyridine rings is 1. The van der Waals surface area contributed by atoms with Crippen LogP contribution in [0.3, 0.4) is 0 Å². The third kappa shape index (κ3) is 6.49. The third-order valence-electron chi connectivity index (χ3n) is 7.44. The van der Waals surface area contributed by atoms with Crippen molar-refractivity contribution in [3.63, 3.8) is 0 Å². The van der Waals surface area contributed by atoms with Crippen LogP contribution in [0.5, 0.6) is 0 Å². The molecule has 1 N–H and O–H groups in total. The van der Waals surface area contributed by atoms with Crippen molar-refractivity contribution in [3.05, 3.63) is 123 Å². The van der Waals surface area contributed by atoms with Crippen LogP contribution in [0.4, 0.5) is 0 Å². The minimum atomic E-state index is -0.0463. The van der Waals surface area contributed by atoms with Gasteiger partial charge in [0.1, 0.15) is 0 Å². The van der Waals surface area contributed by atoms with E-state index in [2.05, 4.69) is 99.9 Å². The van der Waals surface area contributed by atoms with E-state index in [0.29, 0.717) is 13.1 Å². The molecule has 39 heavy (non-hydrogen) atoms. The fraction of sp³-hybridized carbons (Fsp3) is 0.312. The predicted molar refractivity (Wildman–Crippen MR) is 155 cm³/mol. The van der Waals surface area contributed by atoms with Crippen LogP contribution in [-0.4, -0.2) is 36.6 Å². The minimum Gasteiger partial charge on any atom is -0.322 e. The van der Waals surface area contributed by atoms with Crippen molar-refractivity contribution in [2.24, 2.45) is 0 Å². The van der Waals surface area contributed by atoms with Crippen LogP contribution in [0.15, 0.2) is 89.7 Å². The average molecular weight is 521 g/mol. The monoisotopic (exact) mass is 520 g/mol. The summed E-state index contributed by atoms with van der Waals surface area (Å²) in [5, 5.41) is 14.0. The lowest BCUT2D eigenvalue weighted by Gasteiger charge is -2.30. The SMILES string of the molecule is CCc1ccc2[nH]c(=O)c(CN(CCc3ccccc3)[C@@H](CC)c3nnnn3CCc3ccccc3)cc2c1. The zero-order valence-electron chi connectivity index (χ0n) is 22.8. The maximum Gasteiger partial charge on any atom is 0.252 e. The number of rotatable bonds is 12. The van der Waals surface area contributed by atoms with E-state index in [9.17, 15) is 4.79 Å². The summed E-state index contributed by atoms with van der Waals surface area (Å²) in [6, 6.07) is 29.1. The normalized spacial score (nSPS) is 12.3. The van der Waals surface area contributed by atoms with Crippen molar-refractivity contribution >= 4 is 10.9 Å². The van der Waals surface area contributed by atoms with Gasteiger partial charge in [-0.2, -0.15) is 0 Å². The second kappa shape index (κ2) is 12.6. The van der Waals surface area contributed by atoms with E-state index in [-0.39, 0.29) is 11.6 Å². The number of aromatic amines is 1. The highest BCUT2D eigenvalue weighted by Crippen LogP contribution is 2.25. The molecular weight excluding hydrogens is 484 g/mol. The molecule has 5 aromatic rings.